The molecule has 0 aliphatic carbocycles. The molecule has 11 heteroatoms. The molecule has 2 amide bonds. The molecule has 1 aliphatic rings. The molecule has 156 valence electrons. The average Bonchev–Trinajstić information content (AvgIpc) is 3.21. The van der Waals surface area contributed by atoms with Gasteiger partial charge in [-0.2, -0.15) is 13.2 Å². The molecular weight excluding hydrogens is 405 g/mol. The number of benzene rings is 2. The Balaban J connectivity index is 1.87. The molecule has 2 aromatic carbocycles. The van der Waals surface area contributed by atoms with E-state index >= 15 is 0 Å². The zero-order valence-electron chi connectivity index (χ0n) is 15.7. The Labute approximate surface area is 167 Å². The molecule has 8 nitrogen and oxygen atoms in total. The number of aromatic nitrogens is 2. The predicted molar refractivity (Wildman–Crippen MR) is 99.4 cm³/mol. The number of hydrogen-bond acceptors (Lipinski definition) is 5. The van der Waals surface area contributed by atoms with Crippen molar-refractivity contribution in [2.45, 2.75) is 11.8 Å². The Morgan fingerprint density at radius 3 is 2.37 bits per heavy atom. The quantitative estimate of drug-likeness (QED) is 0.677. The van der Waals surface area contributed by atoms with Crippen molar-refractivity contribution in [1.29, 1.82) is 0 Å². The van der Waals surface area contributed by atoms with Crippen molar-refractivity contribution in [3.63, 3.8) is 0 Å². The Kier molecular flexibility index (Phi) is 4.33. The van der Waals surface area contributed by atoms with Crippen LogP contribution in [0.1, 0.15) is 10.4 Å². The molecular formula is C19H15F3N4O4. The van der Waals surface area contributed by atoms with E-state index < -0.39 is 23.7 Å². The van der Waals surface area contributed by atoms with Crippen LogP contribution in [0.25, 0.3) is 11.0 Å². The van der Waals surface area contributed by atoms with E-state index in [2.05, 4.69) is 10.3 Å². The van der Waals surface area contributed by atoms with Crippen molar-refractivity contribution in [2.24, 2.45) is 0 Å². The molecule has 0 bridgehead atoms. The number of imidazole rings is 1. The van der Waals surface area contributed by atoms with Crippen LogP contribution in [0.2, 0.25) is 0 Å². The normalized spacial score (nSPS) is 18.1. The molecule has 0 spiro atoms. The summed E-state index contributed by atoms with van der Waals surface area (Å²) in [6, 6.07) is 9.93. The fraction of sp³-hybridized carbons (Fsp3) is 0.211. The maximum atomic E-state index is 14.3. The number of methoxy groups -OCH3 is 2. The zero-order valence-corrected chi connectivity index (χ0v) is 15.7. The largest absolute Gasteiger partial charge is 0.497 e. The van der Waals surface area contributed by atoms with Crippen LogP contribution in [-0.4, -0.2) is 41.8 Å². The number of alkyl halides is 3. The molecule has 1 unspecified atom stereocenters. The second kappa shape index (κ2) is 6.65. The number of amides is 2. The standard InChI is InChI=1S/C19H15F3N4O4/c1-29-11-7-10(8-12(9-11)30-2)15(27)25-18(19(20,21)22)16(28)24-17-23-13-5-3-4-6-14(13)26(17)18/h3-9H,1-2H3,(H,25,27)(H,23,24,28). The molecule has 30 heavy (non-hydrogen) atoms. The number of nitrogens with one attached hydrogen (secondary N) is 2. The van der Waals surface area contributed by atoms with Gasteiger partial charge in [0.05, 0.1) is 25.3 Å². The van der Waals surface area contributed by atoms with Gasteiger partial charge in [0.2, 0.25) is 5.95 Å². The third kappa shape index (κ3) is 2.73. The molecule has 0 fully saturated rings. The number of ether oxygens (including phenoxy) is 2. The van der Waals surface area contributed by atoms with Crippen molar-refractivity contribution < 1.29 is 32.2 Å². The average molecular weight is 420 g/mol. The molecule has 0 saturated heterocycles. The number of fused-ring (bicyclic) bond motifs is 3. The molecule has 4 rings (SSSR count). The van der Waals surface area contributed by atoms with Gasteiger partial charge in [0.25, 0.3) is 17.5 Å². The van der Waals surface area contributed by atoms with Crippen LogP contribution in [0.5, 0.6) is 11.5 Å². The van der Waals surface area contributed by atoms with Crippen LogP contribution < -0.4 is 20.1 Å². The first-order valence-electron chi connectivity index (χ1n) is 8.63. The lowest BCUT2D eigenvalue weighted by Crippen LogP contribution is -2.63. The number of para-hydroxylation sites is 2. The lowest BCUT2D eigenvalue weighted by atomic mass is 10.1. The fourth-order valence-electron chi connectivity index (χ4n) is 3.36. The SMILES string of the molecule is COc1cc(OC)cc(C(=O)NC2(C(F)(F)F)C(=O)Nc3nc4ccccc4n32)c1. The topological polar surface area (TPSA) is 94.5 Å². The van der Waals surface area contributed by atoms with Crippen molar-refractivity contribution in [2.75, 3.05) is 19.5 Å². The van der Waals surface area contributed by atoms with E-state index in [-0.39, 0.29) is 34.0 Å². The van der Waals surface area contributed by atoms with E-state index in [4.69, 9.17) is 9.47 Å². The number of halogens is 3. The minimum atomic E-state index is -5.18. The number of nitrogens with zero attached hydrogens (tertiary/aromatic N) is 2. The number of hydrogen-bond donors (Lipinski definition) is 2. The minimum absolute atomic E-state index is 0.0340. The van der Waals surface area contributed by atoms with Gasteiger partial charge in [-0.1, -0.05) is 12.1 Å². The first kappa shape index (κ1) is 19.6. The highest BCUT2D eigenvalue weighted by Gasteiger charge is 2.67. The van der Waals surface area contributed by atoms with Crippen LogP contribution in [0, 0.1) is 0 Å². The summed E-state index contributed by atoms with van der Waals surface area (Å²) < 4.78 is 53.8. The van der Waals surface area contributed by atoms with Gasteiger partial charge in [-0.25, -0.2) is 4.98 Å². The summed E-state index contributed by atoms with van der Waals surface area (Å²) in [5.41, 5.74) is -3.29. The molecule has 2 N–H and O–H groups in total. The highest BCUT2D eigenvalue weighted by molar-refractivity contribution is 6.07. The van der Waals surface area contributed by atoms with E-state index in [9.17, 15) is 22.8 Å². The summed E-state index contributed by atoms with van der Waals surface area (Å²) in [7, 11) is 2.67. The molecule has 0 saturated carbocycles. The minimum Gasteiger partial charge on any atom is -0.497 e. The Morgan fingerprint density at radius 1 is 1.13 bits per heavy atom. The smallest absolute Gasteiger partial charge is 0.440 e. The third-order valence-corrected chi connectivity index (χ3v) is 4.77. The van der Waals surface area contributed by atoms with Gasteiger partial charge in [-0.15, -0.1) is 0 Å². The van der Waals surface area contributed by atoms with E-state index in [0.29, 0.717) is 4.57 Å². The molecule has 3 aromatic rings. The van der Waals surface area contributed by atoms with Gasteiger partial charge >= 0.3 is 6.18 Å². The van der Waals surface area contributed by atoms with Crippen molar-refractivity contribution >= 4 is 28.8 Å². The van der Waals surface area contributed by atoms with Gasteiger partial charge in [0.1, 0.15) is 11.5 Å². The van der Waals surface area contributed by atoms with E-state index in [0.717, 1.165) is 0 Å². The zero-order chi connectivity index (χ0) is 21.7. The molecule has 0 radical (unpaired) electrons. The van der Waals surface area contributed by atoms with Crippen LogP contribution in [0.3, 0.4) is 0 Å². The summed E-state index contributed by atoms with van der Waals surface area (Å²) >= 11 is 0. The number of carbonyl (C=O) groups excluding carboxylic acids is 2. The monoisotopic (exact) mass is 420 g/mol. The van der Waals surface area contributed by atoms with E-state index in [1.54, 1.807) is 6.07 Å². The summed E-state index contributed by atoms with van der Waals surface area (Å²) in [6.07, 6.45) is -5.18. The molecule has 1 atom stereocenters. The Morgan fingerprint density at radius 2 is 1.77 bits per heavy atom. The van der Waals surface area contributed by atoms with Crippen molar-refractivity contribution in [1.82, 2.24) is 14.9 Å². The van der Waals surface area contributed by atoms with Gasteiger partial charge in [0.15, 0.2) is 0 Å². The highest BCUT2D eigenvalue weighted by atomic mass is 19.4. The van der Waals surface area contributed by atoms with Gasteiger partial charge in [-0.05, 0) is 24.3 Å². The summed E-state index contributed by atoms with van der Waals surface area (Å²) in [5.74, 6) is -2.53. The van der Waals surface area contributed by atoms with Crippen LogP contribution >= 0.6 is 0 Å². The van der Waals surface area contributed by atoms with Crippen molar-refractivity contribution in [3.8, 4) is 11.5 Å². The summed E-state index contributed by atoms with van der Waals surface area (Å²) in [6.45, 7) is 0. The second-order valence-electron chi connectivity index (χ2n) is 6.48. The van der Waals surface area contributed by atoms with Crippen LogP contribution in [0.4, 0.5) is 19.1 Å². The van der Waals surface area contributed by atoms with Crippen molar-refractivity contribution in [3.05, 3.63) is 48.0 Å². The second-order valence-corrected chi connectivity index (χ2v) is 6.48. The van der Waals surface area contributed by atoms with Gasteiger partial charge in [-0.3, -0.25) is 19.5 Å². The van der Waals surface area contributed by atoms with Gasteiger partial charge < -0.3 is 14.8 Å². The first-order chi connectivity index (χ1) is 14.2. The lowest BCUT2D eigenvalue weighted by Gasteiger charge is -2.32. The fourth-order valence-corrected chi connectivity index (χ4v) is 3.36. The summed E-state index contributed by atoms with van der Waals surface area (Å²) in [5, 5.41) is 3.99. The molecule has 2 heterocycles. The number of anilines is 1. The van der Waals surface area contributed by atoms with E-state index in [1.165, 1.54) is 50.6 Å². The first-order valence-corrected chi connectivity index (χ1v) is 8.63. The third-order valence-electron chi connectivity index (χ3n) is 4.77. The Bertz CT molecular complexity index is 1150. The summed E-state index contributed by atoms with van der Waals surface area (Å²) in [4.78, 5) is 29.5. The lowest BCUT2D eigenvalue weighted by molar-refractivity contribution is -0.213. The van der Waals surface area contributed by atoms with E-state index in [1.807, 2.05) is 5.32 Å². The number of carbonyl (C=O) groups is 2. The maximum absolute atomic E-state index is 14.3. The maximum Gasteiger partial charge on any atom is 0.440 e. The number of rotatable bonds is 4. The van der Waals surface area contributed by atoms with Crippen LogP contribution in [0.15, 0.2) is 42.5 Å². The molecule has 1 aliphatic heterocycles. The molecule has 1 aromatic heterocycles. The van der Waals surface area contributed by atoms with Crippen LogP contribution in [-0.2, 0) is 10.5 Å². The predicted octanol–water partition coefficient (Wildman–Crippen LogP) is 2.65. The van der Waals surface area contributed by atoms with Gasteiger partial charge in [0, 0.05) is 11.6 Å². The Hall–Kier alpha value is -3.76. The highest BCUT2D eigenvalue weighted by Crippen LogP contribution is 2.44.